The molecule has 0 aliphatic carbocycles. The summed E-state index contributed by atoms with van der Waals surface area (Å²) in [6.07, 6.45) is 0.731. The topological polar surface area (TPSA) is 50.4 Å². The van der Waals surface area contributed by atoms with Gasteiger partial charge in [0.15, 0.2) is 18.2 Å². The number of ether oxygens (including phenoxy) is 1. The van der Waals surface area contributed by atoms with Crippen molar-refractivity contribution in [1.82, 2.24) is 10.6 Å². The standard InChI is InChI=1S/C20H22F2N2O2.ClH/c1-13-2-5-15(6-3-13)26-12-20(25)24-19-11-23-9-8-16(19)14-4-7-17(21)18(22)10-14;/h2-7,10,16,19,23H,8-9,11-12H2,1H3,(H,24,25);1H. The van der Waals surface area contributed by atoms with Crippen molar-refractivity contribution >= 4 is 18.3 Å². The van der Waals surface area contributed by atoms with E-state index in [2.05, 4.69) is 10.6 Å². The first-order valence-corrected chi connectivity index (χ1v) is 8.67. The monoisotopic (exact) mass is 396 g/mol. The molecule has 2 N–H and O–H groups in total. The highest BCUT2D eigenvalue weighted by molar-refractivity contribution is 5.85. The summed E-state index contributed by atoms with van der Waals surface area (Å²) in [5.41, 5.74) is 1.81. The predicted octanol–water partition coefficient (Wildman–Crippen LogP) is 3.34. The van der Waals surface area contributed by atoms with Gasteiger partial charge >= 0.3 is 0 Å². The smallest absolute Gasteiger partial charge is 0.258 e. The third-order valence-electron chi connectivity index (χ3n) is 4.59. The highest BCUT2D eigenvalue weighted by Gasteiger charge is 2.28. The van der Waals surface area contributed by atoms with Crippen LogP contribution in [0.4, 0.5) is 8.78 Å². The first-order chi connectivity index (χ1) is 12.5. The number of rotatable bonds is 5. The van der Waals surface area contributed by atoms with Crippen molar-refractivity contribution < 1.29 is 18.3 Å². The molecule has 0 saturated carbocycles. The number of carbonyl (C=O) groups excluding carboxylic acids is 1. The zero-order valence-electron chi connectivity index (χ0n) is 15.0. The van der Waals surface area contributed by atoms with Crippen LogP contribution in [0.1, 0.15) is 23.5 Å². The number of amides is 1. The maximum atomic E-state index is 13.6. The molecular formula is C20H23ClF2N2O2. The van der Waals surface area contributed by atoms with E-state index in [1.165, 1.54) is 6.07 Å². The van der Waals surface area contributed by atoms with Crippen molar-refractivity contribution in [3.63, 3.8) is 0 Å². The fourth-order valence-electron chi connectivity index (χ4n) is 3.18. The Morgan fingerprint density at radius 3 is 2.63 bits per heavy atom. The van der Waals surface area contributed by atoms with Gasteiger partial charge < -0.3 is 15.4 Å². The summed E-state index contributed by atoms with van der Waals surface area (Å²) >= 11 is 0. The maximum Gasteiger partial charge on any atom is 0.258 e. The Morgan fingerprint density at radius 1 is 1.19 bits per heavy atom. The molecule has 1 fully saturated rings. The fraction of sp³-hybridized carbons (Fsp3) is 0.350. The number of nitrogens with one attached hydrogen (secondary N) is 2. The molecule has 2 aromatic carbocycles. The fourth-order valence-corrected chi connectivity index (χ4v) is 3.18. The van der Waals surface area contributed by atoms with Crippen molar-refractivity contribution in [3.8, 4) is 5.75 Å². The maximum absolute atomic E-state index is 13.6. The molecular weight excluding hydrogens is 374 g/mol. The zero-order valence-corrected chi connectivity index (χ0v) is 15.8. The summed E-state index contributed by atoms with van der Waals surface area (Å²) < 4.78 is 32.2. The molecule has 2 aromatic rings. The van der Waals surface area contributed by atoms with Gasteiger partial charge in [-0.15, -0.1) is 12.4 Å². The minimum atomic E-state index is -0.867. The average molecular weight is 397 g/mol. The van der Waals surface area contributed by atoms with E-state index in [1.54, 1.807) is 6.07 Å². The van der Waals surface area contributed by atoms with Crippen molar-refractivity contribution in [1.29, 1.82) is 0 Å². The van der Waals surface area contributed by atoms with Gasteiger partial charge in [-0.05, 0) is 49.7 Å². The van der Waals surface area contributed by atoms with Crippen molar-refractivity contribution in [3.05, 3.63) is 65.2 Å². The van der Waals surface area contributed by atoms with Crippen LogP contribution in [0.15, 0.2) is 42.5 Å². The molecule has 1 heterocycles. The van der Waals surface area contributed by atoms with Gasteiger partial charge in [-0.3, -0.25) is 4.79 Å². The Hall–Kier alpha value is -2.18. The molecule has 7 heteroatoms. The zero-order chi connectivity index (χ0) is 18.5. The van der Waals surface area contributed by atoms with Gasteiger partial charge in [0, 0.05) is 18.5 Å². The summed E-state index contributed by atoms with van der Waals surface area (Å²) in [5, 5.41) is 6.16. The molecule has 27 heavy (non-hydrogen) atoms. The molecule has 2 atom stereocenters. The van der Waals surface area contributed by atoms with E-state index in [0.717, 1.165) is 24.6 Å². The van der Waals surface area contributed by atoms with Gasteiger partial charge in [0.2, 0.25) is 0 Å². The number of carbonyl (C=O) groups is 1. The molecule has 1 aliphatic rings. The van der Waals surface area contributed by atoms with E-state index in [4.69, 9.17) is 4.74 Å². The second kappa shape index (κ2) is 9.67. The van der Waals surface area contributed by atoms with Crippen LogP contribution in [0.3, 0.4) is 0 Å². The highest BCUT2D eigenvalue weighted by atomic mass is 35.5. The number of hydrogen-bond acceptors (Lipinski definition) is 3. The number of piperidine rings is 1. The predicted molar refractivity (Wildman–Crippen MR) is 102 cm³/mol. The molecule has 2 unspecified atom stereocenters. The number of halogens is 3. The van der Waals surface area contributed by atoms with Crippen LogP contribution in [0.2, 0.25) is 0 Å². The molecule has 3 rings (SSSR count). The lowest BCUT2D eigenvalue weighted by molar-refractivity contribution is -0.124. The van der Waals surface area contributed by atoms with Gasteiger partial charge in [-0.2, -0.15) is 0 Å². The summed E-state index contributed by atoms with van der Waals surface area (Å²) in [4.78, 5) is 12.3. The van der Waals surface area contributed by atoms with E-state index in [1.807, 2.05) is 31.2 Å². The first kappa shape index (κ1) is 21.1. The molecule has 1 saturated heterocycles. The molecule has 4 nitrogen and oxygen atoms in total. The van der Waals surface area contributed by atoms with Gasteiger partial charge in [-0.25, -0.2) is 8.78 Å². The Bertz CT molecular complexity index is 771. The molecule has 0 aromatic heterocycles. The Balaban J connectivity index is 0.00000261. The van der Waals surface area contributed by atoms with E-state index in [9.17, 15) is 13.6 Å². The molecule has 1 amide bonds. The lowest BCUT2D eigenvalue weighted by atomic mass is 9.86. The largest absolute Gasteiger partial charge is 0.484 e. The summed E-state index contributed by atoms with van der Waals surface area (Å²) in [7, 11) is 0. The Morgan fingerprint density at radius 2 is 1.93 bits per heavy atom. The van der Waals surface area contributed by atoms with Gasteiger partial charge in [0.1, 0.15) is 5.75 Å². The lowest BCUT2D eigenvalue weighted by Crippen LogP contribution is -2.51. The number of aryl methyl sites for hydroxylation is 1. The Kier molecular flexibility index (Phi) is 7.56. The minimum absolute atomic E-state index is 0. The van der Waals surface area contributed by atoms with Gasteiger partial charge in [0.05, 0.1) is 0 Å². The normalized spacial score (nSPS) is 19.1. The second-order valence-electron chi connectivity index (χ2n) is 6.55. The third kappa shape index (κ3) is 5.65. The third-order valence-corrected chi connectivity index (χ3v) is 4.59. The van der Waals surface area contributed by atoms with Crippen LogP contribution in [-0.2, 0) is 4.79 Å². The summed E-state index contributed by atoms with van der Waals surface area (Å²) in [6.45, 7) is 3.21. The first-order valence-electron chi connectivity index (χ1n) is 8.67. The van der Waals surface area contributed by atoms with Crippen LogP contribution >= 0.6 is 12.4 Å². The summed E-state index contributed by atoms with van der Waals surface area (Å²) in [5.74, 6) is -1.42. The van der Waals surface area contributed by atoms with Crippen LogP contribution in [-0.4, -0.2) is 31.6 Å². The molecule has 0 spiro atoms. The quantitative estimate of drug-likeness (QED) is 0.815. The SMILES string of the molecule is Cc1ccc(OCC(=O)NC2CNCCC2c2ccc(F)c(F)c2)cc1.Cl. The minimum Gasteiger partial charge on any atom is -0.484 e. The highest BCUT2D eigenvalue weighted by Crippen LogP contribution is 2.27. The van der Waals surface area contributed by atoms with Crippen LogP contribution in [0.25, 0.3) is 0 Å². The molecule has 0 radical (unpaired) electrons. The average Bonchev–Trinajstić information content (AvgIpc) is 2.64. The van der Waals surface area contributed by atoms with E-state index >= 15 is 0 Å². The molecule has 0 bridgehead atoms. The van der Waals surface area contributed by atoms with E-state index < -0.39 is 11.6 Å². The molecule has 1 aliphatic heterocycles. The van der Waals surface area contributed by atoms with Crippen molar-refractivity contribution in [2.45, 2.75) is 25.3 Å². The van der Waals surface area contributed by atoms with Crippen LogP contribution in [0.5, 0.6) is 5.75 Å². The summed E-state index contributed by atoms with van der Waals surface area (Å²) in [6, 6.07) is 11.2. The van der Waals surface area contributed by atoms with Crippen molar-refractivity contribution in [2.75, 3.05) is 19.7 Å². The van der Waals surface area contributed by atoms with E-state index in [0.29, 0.717) is 17.9 Å². The van der Waals surface area contributed by atoms with Gasteiger partial charge in [-0.1, -0.05) is 23.8 Å². The second-order valence-corrected chi connectivity index (χ2v) is 6.55. The van der Waals surface area contributed by atoms with E-state index in [-0.39, 0.29) is 36.9 Å². The molecule has 146 valence electrons. The van der Waals surface area contributed by atoms with Crippen LogP contribution in [0, 0.1) is 18.6 Å². The number of hydrogen-bond donors (Lipinski definition) is 2. The Labute approximate surface area is 163 Å². The lowest BCUT2D eigenvalue weighted by Gasteiger charge is -2.33. The van der Waals surface area contributed by atoms with Crippen molar-refractivity contribution in [2.24, 2.45) is 0 Å². The van der Waals surface area contributed by atoms with Crippen LogP contribution < -0.4 is 15.4 Å². The number of benzene rings is 2. The van der Waals surface area contributed by atoms with Gasteiger partial charge in [0.25, 0.3) is 5.91 Å².